The van der Waals surface area contributed by atoms with Gasteiger partial charge in [-0.25, -0.2) is 8.42 Å². The Morgan fingerprint density at radius 3 is 2.88 bits per heavy atom. The van der Waals surface area contributed by atoms with Gasteiger partial charge < -0.3 is 10.1 Å². The molecule has 1 heterocycles. The molecule has 1 aliphatic heterocycles. The Kier molecular flexibility index (Phi) is 5.64. The van der Waals surface area contributed by atoms with Gasteiger partial charge in [0.1, 0.15) is 6.04 Å². The van der Waals surface area contributed by atoms with Crippen LogP contribution in [0.3, 0.4) is 0 Å². The van der Waals surface area contributed by atoms with Crippen molar-refractivity contribution < 1.29 is 17.9 Å². The molecule has 0 spiro atoms. The number of carbonyl (C=O) groups is 1. The molecular formula is C9H17ClN2O4S. The summed E-state index contributed by atoms with van der Waals surface area (Å²) in [4.78, 5) is 11.6. The Morgan fingerprint density at radius 1 is 1.59 bits per heavy atom. The van der Waals surface area contributed by atoms with Crippen LogP contribution in [0.15, 0.2) is 0 Å². The van der Waals surface area contributed by atoms with Crippen molar-refractivity contribution in [3.05, 3.63) is 0 Å². The van der Waals surface area contributed by atoms with Crippen LogP contribution in [0, 0.1) is 0 Å². The topological polar surface area (TPSA) is 75.7 Å². The SMILES string of the molecule is CNC(=O)C1COCCN1S(=O)(=O)CCCCl. The maximum absolute atomic E-state index is 12.0. The number of hydrogen-bond acceptors (Lipinski definition) is 4. The third kappa shape index (κ3) is 3.80. The normalized spacial score (nSPS) is 22.4. The van der Waals surface area contributed by atoms with E-state index in [0.29, 0.717) is 13.0 Å². The summed E-state index contributed by atoms with van der Waals surface area (Å²) in [5, 5.41) is 2.44. The maximum atomic E-state index is 12.0. The molecule has 6 nitrogen and oxygen atoms in total. The Morgan fingerprint density at radius 2 is 2.29 bits per heavy atom. The van der Waals surface area contributed by atoms with Gasteiger partial charge in [0.05, 0.1) is 19.0 Å². The zero-order valence-corrected chi connectivity index (χ0v) is 11.3. The molecular weight excluding hydrogens is 268 g/mol. The van der Waals surface area contributed by atoms with Crippen molar-refractivity contribution in [1.82, 2.24) is 9.62 Å². The second-order valence-electron chi connectivity index (χ2n) is 3.67. The smallest absolute Gasteiger partial charge is 0.240 e. The van der Waals surface area contributed by atoms with E-state index in [4.69, 9.17) is 16.3 Å². The summed E-state index contributed by atoms with van der Waals surface area (Å²) in [7, 11) is -1.97. The second kappa shape index (κ2) is 6.53. The van der Waals surface area contributed by atoms with Crippen molar-refractivity contribution in [3.8, 4) is 0 Å². The molecule has 1 saturated heterocycles. The van der Waals surface area contributed by atoms with Crippen LogP contribution in [-0.4, -0.2) is 63.1 Å². The summed E-state index contributed by atoms with van der Waals surface area (Å²) in [6.07, 6.45) is 0.377. The number of rotatable bonds is 5. The molecule has 17 heavy (non-hydrogen) atoms. The highest BCUT2D eigenvalue weighted by Gasteiger charge is 2.36. The largest absolute Gasteiger partial charge is 0.378 e. The van der Waals surface area contributed by atoms with Crippen molar-refractivity contribution in [2.75, 3.05) is 38.4 Å². The molecule has 8 heteroatoms. The van der Waals surface area contributed by atoms with E-state index in [1.54, 1.807) is 0 Å². The Balaban J connectivity index is 2.80. The van der Waals surface area contributed by atoms with Gasteiger partial charge in [0.25, 0.3) is 0 Å². The van der Waals surface area contributed by atoms with E-state index in [1.165, 1.54) is 11.4 Å². The first-order valence-corrected chi connectivity index (χ1v) is 7.52. The Labute approximate surface area is 106 Å². The average molecular weight is 285 g/mol. The van der Waals surface area contributed by atoms with Gasteiger partial charge in [0.2, 0.25) is 15.9 Å². The predicted octanol–water partition coefficient (Wildman–Crippen LogP) is -0.608. The van der Waals surface area contributed by atoms with Crippen LogP contribution in [0.5, 0.6) is 0 Å². The Hall–Kier alpha value is -0.370. The van der Waals surface area contributed by atoms with E-state index in [2.05, 4.69) is 5.32 Å². The van der Waals surface area contributed by atoms with E-state index in [-0.39, 0.29) is 30.7 Å². The number of hydrogen-bond donors (Lipinski definition) is 1. The van der Waals surface area contributed by atoms with E-state index in [9.17, 15) is 13.2 Å². The van der Waals surface area contributed by atoms with Gasteiger partial charge in [-0.2, -0.15) is 4.31 Å². The maximum Gasteiger partial charge on any atom is 0.240 e. The molecule has 1 aliphatic rings. The zero-order valence-electron chi connectivity index (χ0n) is 9.69. The quantitative estimate of drug-likeness (QED) is 0.684. The van der Waals surface area contributed by atoms with Crippen LogP contribution in [0.4, 0.5) is 0 Å². The molecule has 1 unspecified atom stereocenters. The van der Waals surface area contributed by atoms with Gasteiger partial charge >= 0.3 is 0 Å². The number of nitrogens with one attached hydrogen (secondary N) is 1. The number of halogens is 1. The Bertz CT molecular complexity index is 360. The standard InChI is InChI=1S/C9H17ClN2O4S/c1-11-9(13)8-7-16-5-4-12(8)17(14,15)6-2-3-10/h8H,2-7H2,1H3,(H,11,13). The summed E-state index contributed by atoms with van der Waals surface area (Å²) in [5.74, 6) is -0.0998. The summed E-state index contributed by atoms with van der Waals surface area (Å²) >= 11 is 5.49. The first-order valence-electron chi connectivity index (χ1n) is 5.37. The van der Waals surface area contributed by atoms with Crippen LogP contribution in [0.1, 0.15) is 6.42 Å². The number of likely N-dealkylation sites (N-methyl/N-ethyl adjacent to an activating group) is 1. The fraction of sp³-hybridized carbons (Fsp3) is 0.889. The number of nitrogens with zero attached hydrogens (tertiary/aromatic N) is 1. The molecule has 1 fully saturated rings. The zero-order chi connectivity index (χ0) is 12.9. The van der Waals surface area contributed by atoms with E-state index in [1.807, 2.05) is 0 Å². The lowest BCUT2D eigenvalue weighted by molar-refractivity contribution is -0.128. The molecule has 0 aromatic rings. The minimum absolute atomic E-state index is 0.0377. The van der Waals surface area contributed by atoms with Crippen molar-refractivity contribution in [1.29, 1.82) is 0 Å². The highest BCUT2D eigenvalue weighted by Crippen LogP contribution is 2.14. The first-order chi connectivity index (χ1) is 8.03. The van der Waals surface area contributed by atoms with Crippen LogP contribution in [-0.2, 0) is 19.6 Å². The fourth-order valence-corrected chi connectivity index (χ4v) is 3.58. The summed E-state index contributed by atoms with van der Waals surface area (Å²) < 4.78 is 30.4. The number of morpholine rings is 1. The molecule has 0 radical (unpaired) electrons. The molecule has 0 aliphatic carbocycles. The lowest BCUT2D eigenvalue weighted by Gasteiger charge is -2.33. The molecule has 1 rings (SSSR count). The molecule has 1 atom stereocenters. The first kappa shape index (κ1) is 14.7. The molecule has 0 aromatic carbocycles. The minimum atomic E-state index is -3.44. The minimum Gasteiger partial charge on any atom is -0.378 e. The van der Waals surface area contributed by atoms with Crippen molar-refractivity contribution >= 4 is 27.5 Å². The van der Waals surface area contributed by atoms with Gasteiger partial charge in [-0.05, 0) is 6.42 Å². The second-order valence-corrected chi connectivity index (χ2v) is 6.09. The lowest BCUT2D eigenvalue weighted by Crippen LogP contribution is -2.55. The summed E-state index contributed by atoms with van der Waals surface area (Å²) in [6.45, 7) is 0.621. The van der Waals surface area contributed by atoms with Gasteiger partial charge in [-0.3, -0.25) is 4.79 Å². The van der Waals surface area contributed by atoms with Crippen molar-refractivity contribution in [3.63, 3.8) is 0 Å². The van der Waals surface area contributed by atoms with E-state index < -0.39 is 16.1 Å². The monoisotopic (exact) mass is 284 g/mol. The van der Waals surface area contributed by atoms with Gasteiger partial charge in [0.15, 0.2) is 0 Å². The van der Waals surface area contributed by atoms with E-state index >= 15 is 0 Å². The van der Waals surface area contributed by atoms with Crippen molar-refractivity contribution in [2.24, 2.45) is 0 Å². The molecule has 100 valence electrons. The predicted molar refractivity (Wildman–Crippen MR) is 64.5 cm³/mol. The molecule has 0 saturated carbocycles. The third-order valence-corrected chi connectivity index (χ3v) is 4.75. The summed E-state index contributed by atoms with van der Waals surface area (Å²) in [6, 6.07) is -0.769. The number of sulfonamides is 1. The molecule has 1 N–H and O–H groups in total. The van der Waals surface area contributed by atoms with Gasteiger partial charge in [-0.15, -0.1) is 11.6 Å². The molecule has 1 amide bonds. The highest BCUT2D eigenvalue weighted by molar-refractivity contribution is 7.89. The number of carbonyl (C=O) groups excluding carboxylic acids is 1. The summed E-state index contributed by atoms with van der Waals surface area (Å²) in [5.41, 5.74) is 0. The van der Waals surface area contributed by atoms with Crippen LogP contribution >= 0.6 is 11.6 Å². The van der Waals surface area contributed by atoms with Crippen LogP contribution < -0.4 is 5.32 Å². The third-order valence-electron chi connectivity index (χ3n) is 2.52. The molecule has 0 aromatic heterocycles. The molecule has 0 bridgehead atoms. The van der Waals surface area contributed by atoms with Crippen molar-refractivity contribution in [2.45, 2.75) is 12.5 Å². The average Bonchev–Trinajstić information content (AvgIpc) is 2.35. The number of alkyl halides is 1. The van der Waals surface area contributed by atoms with Gasteiger partial charge in [0, 0.05) is 19.5 Å². The van der Waals surface area contributed by atoms with E-state index in [0.717, 1.165) is 0 Å². The lowest BCUT2D eigenvalue weighted by atomic mass is 10.2. The highest BCUT2D eigenvalue weighted by atomic mass is 35.5. The van der Waals surface area contributed by atoms with Crippen LogP contribution in [0.25, 0.3) is 0 Å². The fourth-order valence-electron chi connectivity index (χ4n) is 1.65. The van der Waals surface area contributed by atoms with Gasteiger partial charge in [-0.1, -0.05) is 0 Å². The number of amides is 1. The van der Waals surface area contributed by atoms with Crippen LogP contribution in [0.2, 0.25) is 0 Å². The number of ether oxygens (including phenoxy) is 1.